The summed E-state index contributed by atoms with van der Waals surface area (Å²) in [5.41, 5.74) is 11.7. The number of benzene rings is 7. The Hall–Kier alpha value is -5.86. The molecule has 8 rings (SSSR count). The maximum atomic E-state index is 2.42. The molecule has 0 aliphatic rings. The van der Waals surface area contributed by atoms with Crippen molar-refractivity contribution >= 4 is 38.9 Å². The summed E-state index contributed by atoms with van der Waals surface area (Å²) >= 11 is 0. The van der Waals surface area contributed by atoms with E-state index in [0.717, 1.165) is 22.7 Å². The summed E-state index contributed by atoms with van der Waals surface area (Å²) in [6.45, 7) is 0. The molecule has 2 heteroatoms. The van der Waals surface area contributed by atoms with Crippen LogP contribution in [0.4, 0.5) is 17.1 Å². The molecular formula is C42H30N2. The van der Waals surface area contributed by atoms with Crippen molar-refractivity contribution in [3.05, 3.63) is 182 Å². The molecule has 44 heavy (non-hydrogen) atoms. The van der Waals surface area contributed by atoms with Gasteiger partial charge in [-0.15, -0.1) is 0 Å². The highest BCUT2D eigenvalue weighted by Gasteiger charge is 2.19. The molecule has 0 aliphatic heterocycles. The first kappa shape index (κ1) is 25.8. The van der Waals surface area contributed by atoms with E-state index in [1.807, 2.05) is 0 Å². The summed E-state index contributed by atoms with van der Waals surface area (Å²) in [6.07, 6.45) is 0. The molecule has 0 atom stereocenters. The van der Waals surface area contributed by atoms with E-state index in [0.29, 0.717) is 0 Å². The van der Waals surface area contributed by atoms with Crippen molar-refractivity contribution in [1.29, 1.82) is 0 Å². The Balaban J connectivity index is 1.38. The van der Waals surface area contributed by atoms with Crippen molar-refractivity contribution in [2.75, 3.05) is 4.90 Å². The number of para-hydroxylation sites is 5. The van der Waals surface area contributed by atoms with E-state index in [-0.39, 0.29) is 0 Å². The van der Waals surface area contributed by atoms with Gasteiger partial charge in [-0.05, 0) is 71.3 Å². The van der Waals surface area contributed by atoms with Crippen LogP contribution in [0.15, 0.2) is 182 Å². The molecular weight excluding hydrogens is 532 g/mol. The van der Waals surface area contributed by atoms with Crippen LogP contribution in [-0.2, 0) is 0 Å². The van der Waals surface area contributed by atoms with Gasteiger partial charge in [-0.3, -0.25) is 0 Å². The average Bonchev–Trinajstić information content (AvgIpc) is 3.44. The van der Waals surface area contributed by atoms with Crippen molar-refractivity contribution in [3.8, 4) is 27.9 Å². The van der Waals surface area contributed by atoms with Crippen LogP contribution in [0.25, 0.3) is 49.7 Å². The Labute approximate surface area is 257 Å². The number of hydrogen-bond donors (Lipinski definition) is 0. The van der Waals surface area contributed by atoms with E-state index in [1.54, 1.807) is 0 Å². The summed E-state index contributed by atoms with van der Waals surface area (Å²) in [4.78, 5) is 2.33. The zero-order valence-electron chi connectivity index (χ0n) is 24.2. The van der Waals surface area contributed by atoms with Crippen LogP contribution < -0.4 is 4.90 Å². The van der Waals surface area contributed by atoms with Gasteiger partial charge in [0.15, 0.2) is 0 Å². The summed E-state index contributed by atoms with van der Waals surface area (Å²) in [5, 5.41) is 2.52. The van der Waals surface area contributed by atoms with Gasteiger partial charge in [0, 0.05) is 33.4 Å². The van der Waals surface area contributed by atoms with Gasteiger partial charge >= 0.3 is 0 Å². The largest absolute Gasteiger partial charge is 0.310 e. The van der Waals surface area contributed by atoms with Crippen molar-refractivity contribution in [2.45, 2.75) is 0 Å². The lowest BCUT2D eigenvalue weighted by Gasteiger charge is -2.27. The first-order chi connectivity index (χ1) is 21.9. The Morgan fingerprint density at radius 2 is 0.841 bits per heavy atom. The zero-order valence-corrected chi connectivity index (χ0v) is 24.2. The minimum Gasteiger partial charge on any atom is -0.310 e. The number of nitrogens with zero attached hydrogens (tertiary/aromatic N) is 2. The SMILES string of the molecule is c1ccc(-c2cc(N(c3ccccc3)c3ccccc3)ccc2-c2ccccc2-n2c3ccccc3c3ccccc32)cc1. The van der Waals surface area contributed by atoms with Gasteiger partial charge in [0.25, 0.3) is 0 Å². The topological polar surface area (TPSA) is 8.17 Å². The minimum absolute atomic E-state index is 1.11. The predicted octanol–water partition coefficient (Wildman–Crippen LogP) is 11.6. The second-order valence-corrected chi connectivity index (χ2v) is 11.0. The fourth-order valence-electron chi connectivity index (χ4n) is 6.44. The van der Waals surface area contributed by atoms with Crippen LogP contribution in [0.1, 0.15) is 0 Å². The zero-order chi connectivity index (χ0) is 29.3. The molecule has 0 bridgehead atoms. The third-order valence-corrected chi connectivity index (χ3v) is 8.39. The molecule has 0 amide bonds. The Morgan fingerprint density at radius 3 is 1.45 bits per heavy atom. The van der Waals surface area contributed by atoms with E-state index in [1.165, 1.54) is 44.1 Å². The van der Waals surface area contributed by atoms with Crippen LogP contribution in [0.2, 0.25) is 0 Å². The van der Waals surface area contributed by atoms with Gasteiger partial charge in [0.2, 0.25) is 0 Å². The van der Waals surface area contributed by atoms with Crippen LogP contribution in [0.5, 0.6) is 0 Å². The van der Waals surface area contributed by atoms with Crippen molar-refractivity contribution < 1.29 is 0 Å². The maximum absolute atomic E-state index is 2.42. The van der Waals surface area contributed by atoms with Gasteiger partial charge < -0.3 is 9.47 Å². The lowest BCUT2D eigenvalue weighted by Crippen LogP contribution is -2.10. The highest BCUT2D eigenvalue weighted by molar-refractivity contribution is 6.10. The minimum atomic E-state index is 1.11. The molecule has 1 aromatic heterocycles. The van der Waals surface area contributed by atoms with Crippen LogP contribution >= 0.6 is 0 Å². The van der Waals surface area contributed by atoms with Gasteiger partial charge in [0.1, 0.15) is 0 Å². The van der Waals surface area contributed by atoms with E-state index >= 15 is 0 Å². The summed E-state index contributed by atoms with van der Waals surface area (Å²) in [5.74, 6) is 0. The normalized spacial score (nSPS) is 11.2. The summed E-state index contributed by atoms with van der Waals surface area (Å²) in [7, 11) is 0. The number of anilines is 3. The van der Waals surface area contributed by atoms with Gasteiger partial charge in [-0.1, -0.05) is 127 Å². The van der Waals surface area contributed by atoms with Gasteiger partial charge in [-0.25, -0.2) is 0 Å². The molecule has 0 spiro atoms. The van der Waals surface area contributed by atoms with Crippen molar-refractivity contribution in [2.24, 2.45) is 0 Å². The Bertz CT molecular complexity index is 2120. The molecule has 0 saturated carbocycles. The summed E-state index contributed by atoms with van der Waals surface area (Å²) in [6, 6.07) is 65.0. The second kappa shape index (κ2) is 11.1. The van der Waals surface area contributed by atoms with E-state index in [2.05, 4.69) is 191 Å². The molecule has 0 unspecified atom stereocenters. The smallest absolute Gasteiger partial charge is 0.0541 e. The first-order valence-electron chi connectivity index (χ1n) is 15.0. The fourth-order valence-corrected chi connectivity index (χ4v) is 6.44. The maximum Gasteiger partial charge on any atom is 0.0541 e. The van der Waals surface area contributed by atoms with Gasteiger partial charge in [0.05, 0.1) is 16.7 Å². The fraction of sp³-hybridized carbons (Fsp3) is 0. The monoisotopic (exact) mass is 562 g/mol. The van der Waals surface area contributed by atoms with E-state index in [4.69, 9.17) is 0 Å². The first-order valence-corrected chi connectivity index (χ1v) is 15.0. The Morgan fingerprint density at radius 1 is 0.341 bits per heavy atom. The molecule has 0 saturated heterocycles. The molecule has 0 N–H and O–H groups in total. The Kier molecular flexibility index (Phi) is 6.51. The molecule has 8 aromatic rings. The molecule has 208 valence electrons. The molecule has 2 nitrogen and oxygen atoms in total. The van der Waals surface area contributed by atoms with E-state index < -0.39 is 0 Å². The molecule has 0 fully saturated rings. The number of fused-ring (bicyclic) bond motifs is 3. The van der Waals surface area contributed by atoms with Crippen LogP contribution in [0.3, 0.4) is 0 Å². The van der Waals surface area contributed by atoms with Crippen molar-refractivity contribution in [3.63, 3.8) is 0 Å². The predicted molar refractivity (Wildman–Crippen MR) is 186 cm³/mol. The average molecular weight is 563 g/mol. The quantitative estimate of drug-likeness (QED) is 0.196. The van der Waals surface area contributed by atoms with Crippen LogP contribution in [-0.4, -0.2) is 4.57 Å². The standard InChI is InChI=1S/C42H30N2/c1-4-16-31(17-5-1)39-30-34(43(32-18-6-2-7-19-32)33-20-8-3-9-21-33)28-29-35(39)36-22-10-13-25-40(36)44-41-26-14-11-23-37(41)38-24-12-15-27-42(38)44/h1-30H. The molecule has 1 heterocycles. The lowest BCUT2D eigenvalue weighted by molar-refractivity contribution is 1.18. The van der Waals surface area contributed by atoms with E-state index in [9.17, 15) is 0 Å². The van der Waals surface area contributed by atoms with Crippen molar-refractivity contribution in [1.82, 2.24) is 4.57 Å². The second-order valence-electron chi connectivity index (χ2n) is 11.0. The third kappa shape index (κ3) is 4.45. The lowest BCUT2D eigenvalue weighted by atomic mass is 9.92. The third-order valence-electron chi connectivity index (χ3n) is 8.39. The molecule has 7 aromatic carbocycles. The van der Waals surface area contributed by atoms with Gasteiger partial charge in [-0.2, -0.15) is 0 Å². The number of hydrogen-bond acceptors (Lipinski definition) is 1. The molecule has 0 radical (unpaired) electrons. The summed E-state index contributed by atoms with van der Waals surface area (Å²) < 4.78 is 2.42. The number of aromatic nitrogens is 1. The highest BCUT2D eigenvalue weighted by Crippen LogP contribution is 2.43. The van der Waals surface area contributed by atoms with Crippen LogP contribution in [0, 0.1) is 0 Å². The number of rotatable bonds is 6. The molecule has 0 aliphatic carbocycles. The highest BCUT2D eigenvalue weighted by atomic mass is 15.1.